The number of benzene rings is 1. The Kier molecular flexibility index (Phi) is 5.91. The Morgan fingerprint density at radius 2 is 1.70 bits per heavy atom. The van der Waals surface area contributed by atoms with Crippen molar-refractivity contribution in [2.45, 2.75) is 43.4 Å². The Morgan fingerprint density at radius 1 is 1.10 bits per heavy atom. The van der Waals surface area contributed by atoms with Crippen molar-refractivity contribution >= 4 is 35.0 Å². The minimum atomic E-state index is -0.0585. The van der Waals surface area contributed by atoms with Gasteiger partial charge in [-0.3, -0.25) is 0 Å². The topological polar surface area (TPSA) is 40.5 Å². The molecule has 1 aromatic carbocycles. The van der Waals surface area contributed by atoms with Gasteiger partial charge in [-0.1, -0.05) is 42.5 Å². The van der Waals surface area contributed by atoms with Crippen molar-refractivity contribution in [1.82, 2.24) is 0 Å². The Labute approximate surface area is 134 Å². The highest BCUT2D eigenvalue weighted by atomic mass is 35.5. The number of aromatic hydroxyl groups is 1. The second-order valence-electron chi connectivity index (χ2n) is 5.55. The summed E-state index contributed by atoms with van der Waals surface area (Å²) in [4.78, 5) is 0.960. The summed E-state index contributed by atoms with van der Waals surface area (Å²) < 4.78 is 0. The standard InChI is InChI=1S/C15H20Cl2O2S/c16-12-8-11(9-13(17)14(12)19)20-7-6-15(10-18)4-2-1-3-5-15/h8-9,18-19H,1-7,10H2. The van der Waals surface area contributed by atoms with E-state index in [0.29, 0.717) is 0 Å². The monoisotopic (exact) mass is 334 g/mol. The fourth-order valence-corrected chi connectivity index (χ4v) is 4.59. The number of aliphatic hydroxyl groups is 1. The zero-order valence-corrected chi connectivity index (χ0v) is 13.7. The molecule has 0 radical (unpaired) electrons. The Hall–Kier alpha value is -0.0900. The van der Waals surface area contributed by atoms with Crippen LogP contribution in [0.25, 0.3) is 0 Å². The first-order chi connectivity index (χ1) is 9.56. The molecule has 0 heterocycles. The molecule has 1 aliphatic carbocycles. The normalized spacial score (nSPS) is 18.1. The molecule has 0 unspecified atom stereocenters. The highest BCUT2D eigenvalue weighted by Crippen LogP contribution is 2.41. The SMILES string of the molecule is OCC1(CCSc2cc(Cl)c(O)c(Cl)c2)CCCCC1. The molecular weight excluding hydrogens is 315 g/mol. The Bertz CT molecular complexity index is 436. The fraction of sp³-hybridized carbons (Fsp3) is 0.600. The lowest BCUT2D eigenvalue weighted by Gasteiger charge is -2.35. The third kappa shape index (κ3) is 3.97. The molecule has 1 saturated carbocycles. The predicted molar refractivity (Wildman–Crippen MR) is 86.1 cm³/mol. The Morgan fingerprint density at radius 3 is 2.25 bits per heavy atom. The highest BCUT2D eigenvalue weighted by molar-refractivity contribution is 7.99. The van der Waals surface area contributed by atoms with E-state index in [9.17, 15) is 10.2 Å². The van der Waals surface area contributed by atoms with E-state index in [1.165, 1.54) is 19.3 Å². The zero-order valence-electron chi connectivity index (χ0n) is 11.4. The van der Waals surface area contributed by atoms with Gasteiger partial charge in [0, 0.05) is 11.5 Å². The smallest absolute Gasteiger partial charge is 0.152 e. The first kappa shape index (κ1) is 16.3. The molecule has 0 bridgehead atoms. The van der Waals surface area contributed by atoms with Crippen molar-refractivity contribution in [3.63, 3.8) is 0 Å². The van der Waals surface area contributed by atoms with Gasteiger partial charge in [-0.15, -0.1) is 11.8 Å². The number of halogens is 2. The molecule has 0 aromatic heterocycles. The van der Waals surface area contributed by atoms with Crippen LogP contribution in [-0.4, -0.2) is 22.6 Å². The van der Waals surface area contributed by atoms with Crippen LogP contribution >= 0.6 is 35.0 Å². The molecule has 112 valence electrons. The molecule has 1 fully saturated rings. The zero-order chi connectivity index (χ0) is 14.6. The molecule has 0 spiro atoms. The summed E-state index contributed by atoms with van der Waals surface area (Å²) in [6.45, 7) is 0.282. The van der Waals surface area contributed by atoms with Crippen LogP contribution < -0.4 is 0 Å². The van der Waals surface area contributed by atoms with Crippen LogP contribution in [0.1, 0.15) is 38.5 Å². The van der Waals surface area contributed by atoms with Crippen LogP contribution in [-0.2, 0) is 0 Å². The quantitative estimate of drug-likeness (QED) is 0.734. The molecule has 1 aromatic rings. The maximum absolute atomic E-state index is 9.68. The van der Waals surface area contributed by atoms with E-state index in [0.717, 1.165) is 29.9 Å². The van der Waals surface area contributed by atoms with Crippen molar-refractivity contribution < 1.29 is 10.2 Å². The first-order valence-electron chi connectivity index (χ1n) is 6.98. The van der Waals surface area contributed by atoms with Crippen LogP contribution in [0.15, 0.2) is 17.0 Å². The largest absolute Gasteiger partial charge is 0.505 e. The number of phenols is 1. The van der Waals surface area contributed by atoms with E-state index < -0.39 is 0 Å². The average Bonchev–Trinajstić information content (AvgIpc) is 2.45. The van der Waals surface area contributed by atoms with Gasteiger partial charge in [0.2, 0.25) is 0 Å². The number of aliphatic hydroxyl groups excluding tert-OH is 1. The third-order valence-corrected chi connectivity index (χ3v) is 5.69. The third-order valence-electron chi connectivity index (χ3n) is 4.14. The van der Waals surface area contributed by atoms with Crippen molar-refractivity contribution in [3.8, 4) is 5.75 Å². The summed E-state index contributed by atoms with van der Waals surface area (Å²) in [6.07, 6.45) is 6.99. The maximum Gasteiger partial charge on any atom is 0.152 e. The van der Waals surface area contributed by atoms with Gasteiger partial charge < -0.3 is 10.2 Å². The molecule has 2 N–H and O–H groups in total. The van der Waals surface area contributed by atoms with Crippen LogP contribution in [0.3, 0.4) is 0 Å². The van der Waals surface area contributed by atoms with Crippen molar-refractivity contribution in [2.75, 3.05) is 12.4 Å². The fourth-order valence-electron chi connectivity index (χ4n) is 2.80. The van der Waals surface area contributed by atoms with Crippen LogP contribution in [0.2, 0.25) is 10.0 Å². The van der Waals surface area contributed by atoms with Gasteiger partial charge in [0.05, 0.1) is 10.0 Å². The maximum atomic E-state index is 9.68. The molecule has 0 atom stereocenters. The van der Waals surface area contributed by atoms with Gasteiger partial charge in [0.15, 0.2) is 5.75 Å². The number of hydrogen-bond acceptors (Lipinski definition) is 3. The van der Waals surface area contributed by atoms with E-state index in [2.05, 4.69) is 0 Å². The Balaban J connectivity index is 1.92. The number of rotatable bonds is 5. The molecule has 0 amide bonds. The highest BCUT2D eigenvalue weighted by Gasteiger charge is 2.30. The summed E-state index contributed by atoms with van der Waals surface area (Å²) in [7, 11) is 0. The summed E-state index contributed by atoms with van der Waals surface area (Å²) >= 11 is 13.5. The van der Waals surface area contributed by atoms with E-state index in [1.807, 2.05) is 0 Å². The summed E-state index contributed by atoms with van der Waals surface area (Å²) in [6, 6.07) is 3.47. The van der Waals surface area contributed by atoms with Gasteiger partial charge in [-0.2, -0.15) is 0 Å². The number of thioether (sulfide) groups is 1. The van der Waals surface area contributed by atoms with Crippen molar-refractivity contribution in [3.05, 3.63) is 22.2 Å². The van der Waals surface area contributed by atoms with Crippen molar-refractivity contribution in [1.29, 1.82) is 0 Å². The van der Waals surface area contributed by atoms with E-state index in [4.69, 9.17) is 23.2 Å². The lowest BCUT2D eigenvalue weighted by Crippen LogP contribution is -2.28. The van der Waals surface area contributed by atoms with Gasteiger partial charge in [0.25, 0.3) is 0 Å². The minimum Gasteiger partial charge on any atom is -0.505 e. The molecule has 2 rings (SSSR count). The molecule has 2 nitrogen and oxygen atoms in total. The van der Waals surface area contributed by atoms with Gasteiger partial charge in [-0.05, 0) is 42.6 Å². The summed E-state index contributed by atoms with van der Waals surface area (Å²) in [5.74, 6) is 0.870. The van der Waals surface area contributed by atoms with E-state index in [-0.39, 0.29) is 27.8 Å². The van der Waals surface area contributed by atoms with Crippen LogP contribution in [0.5, 0.6) is 5.75 Å². The average molecular weight is 335 g/mol. The molecule has 0 aliphatic heterocycles. The lowest BCUT2D eigenvalue weighted by molar-refractivity contribution is 0.0795. The lowest BCUT2D eigenvalue weighted by atomic mass is 9.73. The van der Waals surface area contributed by atoms with Crippen LogP contribution in [0.4, 0.5) is 0 Å². The van der Waals surface area contributed by atoms with E-state index >= 15 is 0 Å². The number of hydrogen-bond donors (Lipinski definition) is 2. The van der Waals surface area contributed by atoms with Crippen molar-refractivity contribution in [2.24, 2.45) is 5.41 Å². The molecule has 0 saturated heterocycles. The molecule has 5 heteroatoms. The van der Waals surface area contributed by atoms with E-state index in [1.54, 1.807) is 23.9 Å². The van der Waals surface area contributed by atoms with Gasteiger partial charge in [0.1, 0.15) is 0 Å². The second-order valence-corrected chi connectivity index (χ2v) is 7.54. The summed E-state index contributed by atoms with van der Waals surface area (Å²) in [5, 5.41) is 19.8. The molecular formula is C15H20Cl2O2S. The van der Waals surface area contributed by atoms with Gasteiger partial charge >= 0.3 is 0 Å². The number of phenolic OH excluding ortho intramolecular Hbond substituents is 1. The molecule has 1 aliphatic rings. The predicted octanol–water partition coefficient (Wildman–Crippen LogP) is 5.12. The first-order valence-corrected chi connectivity index (χ1v) is 8.72. The summed E-state index contributed by atoms with van der Waals surface area (Å²) in [5.41, 5.74) is 0.107. The minimum absolute atomic E-state index is 0.0585. The van der Waals surface area contributed by atoms with Crippen LogP contribution in [0, 0.1) is 5.41 Å². The van der Waals surface area contributed by atoms with Gasteiger partial charge in [-0.25, -0.2) is 0 Å². The molecule has 20 heavy (non-hydrogen) atoms. The second kappa shape index (κ2) is 7.26.